The average Bonchev–Trinajstić information content (AvgIpc) is 3.64. The van der Waals surface area contributed by atoms with Crippen LogP contribution in [-0.2, 0) is 9.53 Å². The molecule has 13 heteroatoms. The molecule has 1 atom stereocenters. The van der Waals surface area contributed by atoms with Crippen LogP contribution in [-0.4, -0.2) is 58.5 Å². The molecule has 1 amide bonds. The zero-order valence-corrected chi connectivity index (χ0v) is 23.5. The van der Waals surface area contributed by atoms with Crippen LogP contribution in [0.3, 0.4) is 0 Å². The van der Waals surface area contributed by atoms with Crippen molar-refractivity contribution in [3.05, 3.63) is 78.1 Å². The summed E-state index contributed by atoms with van der Waals surface area (Å²) in [4.78, 5) is 31.9. The molecule has 0 aromatic carbocycles. The first kappa shape index (κ1) is 27.4. The van der Waals surface area contributed by atoms with Crippen molar-refractivity contribution in [3.8, 4) is 5.82 Å². The molecule has 1 aliphatic rings. The summed E-state index contributed by atoms with van der Waals surface area (Å²) >= 11 is 0. The third kappa shape index (κ3) is 5.42. The maximum Gasteiger partial charge on any atom is 0.252 e. The van der Waals surface area contributed by atoms with Gasteiger partial charge in [0.1, 0.15) is 17.2 Å². The summed E-state index contributed by atoms with van der Waals surface area (Å²) in [6, 6.07) is 7.05. The summed E-state index contributed by atoms with van der Waals surface area (Å²) < 4.78 is 20.5. The van der Waals surface area contributed by atoms with Gasteiger partial charge in [-0.15, -0.1) is 0 Å². The number of ether oxygens (including phenoxy) is 1. The van der Waals surface area contributed by atoms with E-state index in [0.717, 1.165) is 28.4 Å². The second kappa shape index (κ2) is 11.2. The fourth-order valence-corrected chi connectivity index (χ4v) is 5.37. The minimum atomic E-state index is -0.962. The Labute approximate surface area is 241 Å². The molecule has 0 saturated heterocycles. The maximum atomic E-state index is 13.5. The number of amides is 1. The summed E-state index contributed by atoms with van der Waals surface area (Å²) in [5.74, 6) is 1.96. The van der Waals surface area contributed by atoms with E-state index in [2.05, 4.69) is 35.9 Å². The first-order valence-corrected chi connectivity index (χ1v) is 13.8. The molecule has 1 aliphatic carbocycles. The van der Waals surface area contributed by atoms with E-state index in [1.54, 1.807) is 31.8 Å². The highest BCUT2D eigenvalue weighted by molar-refractivity contribution is 5.90. The van der Waals surface area contributed by atoms with E-state index in [9.17, 15) is 9.18 Å². The third-order valence-electron chi connectivity index (χ3n) is 7.84. The van der Waals surface area contributed by atoms with Crippen LogP contribution < -0.4 is 10.6 Å². The van der Waals surface area contributed by atoms with Gasteiger partial charge in [-0.3, -0.25) is 14.9 Å². The van der Waals surface area contributed by atoms with Crippen LogP contribution >= 0.6 is 0 Å². The molecule has 0 aliphatic heterocycles. The Bertz CT molecular complexity index is 1710. The monoisotopic (exact) mass is 570 g/mol. The SMILES string of the molecule is COC1(C(=O)N[C@@H](C)c2ccc(-n3cc(F)cn3)nc2)CCC(c2nc(Nc3cc(C)[nH]n3)c3ccncc3n2)CC1. The van der Waals surface area contributed by atoms with Crippen LogP contribution in [0.15, 0.2) is 55.2 Å². The number of nitrogens with zero attached hydrogens (tertiary/aromatic N) is 7. The number of hydrogen-bond acceptors (Lipinski definition) is 9. The summed E-state index contributed by atoms with van der Waals surface area (Å²) in [6.07, 6.45) is 9.87. The highest BCUT2D eigenvalue weighted by Gasteiger charge is 2.43. The fraction of sp³-hybridized carbons (Fsp3) is 0.345. The Kier molecular flexibility index (Phi) is 7.33. The van der Waals surface area contributed by atoms with Gasteiger partial charge in [0.25, 0.3) is 5.91 Å². The van der Waals surface area contributed by atoms with E-state index in [-0.39, 0.29) is 17.9 Å². The van der Waals surface area contributed by atoms with Crippen molar-refractivity contribution in [2.75, 3.05) is 12.4 Å². The minimum absolute atomic E-state index is 0.0495. The quantitative estimate of drug-likeness (QED) is 0.246. The first-order valence-electron chi connectivity index (χ1n) is 13.8. The first-order chi connectivity index (χ1) is 20.3. The summed E-state index contributed by atoms with van der Waals surface area (Å²) in [5.41, 5.74) is 1.53. The smallest absolute Gasteiger partial charge is 0.252 e. The number of carbonyl (C=O) groups excluding carboxylic acids is 1. The lowest BCUT2D eigenvalue weighted by atomic mass is 9.77. The second-order valence-electron chi connectivity index (χ2n) is 10.6. The Balaban J connectivity index is 1.14. The van der Waals surface area contributed by atoms with E-state index in [4.69, 9.17) is 14.7 Å². The molecule has 42 heavy (non-hydrogen) atoms. The molecular formula is C29H31FN10O2. The van der Waals surface area contributed by atoms with Gasteiger partial charge in [-0.25, -0.2) is 24.0 Å². The number of pyridine rings is 2. The lowest BCUT2D eigenvalue weighted by Crippen LogP contribution is -2.50. The number of nitrogens with one attached hydrogen (secondary N) is 3. The van der Waals surface area contributed by atoms with Crippen molar-refractivity contribution in [3.63, 3.8) is 0 Å². The van der Waals surface area contributed by atoms with E-state index in [1.807, 2.05) is 32.0 Å². The van der Waals surface area contributed by atoms with Gasteiger partial charge < -0.3 is 15.4 Å². The molecule has 1 fully saturated rings. The van der Waals surface area contributed by atoms with Crippen molar-refractivity contribution in [2.24, 2.45) is 0 Å². The number of H-pyrrole nitrogens is 1. The number of hydrogen-bond donors (Lipinski definition) is 3. The van der Waals surface area contributed by atoms with Crippen LogP contribution in [0.4, 0.5) is 16.0 Å². The molecule has 0 bridgehead atoms. The van der Waals surface area contributed by atoms with E-state index < -0.39 is 11.4 Å². The number of aromatic nitrogens is 8. The standard InChI is InChI=1S/C29H31FN10O2/c1-17-12-24(39-38-17)36-27-22-8-11-31-15-23(22)35-26(37-27)19-6-9-29(42-3,10-7-19)28(41)34-18(2)20-4-5-25(32-13-20)40-16-21(30)14-33-40/h4-5,8,11-16,18-19H,6-7,9-10H2,1-3H3,(H,34,41)(H2,35,36,37,38,39)/t18-,19?,29?/m0/s1. The van der Waals surface area contributed by atoms with E-state index >= 15 is 0 Å². The number of rotatable bonds is 8. The van der Waals surface area contributed by atoms with Crippen LogP contribution in [0.5, 0.6) is 0 Å². The zero-order valence-electron chi connectivity index (χ0n) is 23.5. The van der Waals surface area contributed by atoms with Gasteiger partial charge in [-0.2, -0.15) is 10.2 Å². The molecule has 3 N–H and O–H groups in total. The Morgan fingerprint density at radius 1 is 1.19 bits per heavy atom. The maximum absolute atomic E-state index is 13.5. The predicted octanol–water partition coefficient (Wildman–Crippen LogP) is 4.44. The van der Waals surface area contributed by atoms with Gasteiger partial charge in [0.05, 0.1) is 30.1 Å². The van der Waals surface area contributed by atoms with Crippen molar-refractivity contribution >= 4 is 28.4 Å². The lowest BCUT2D eigenvalue weighted by molar-refractivity contribution is -0.148. The van der Waals surface area contributed by atoms with Gasteiger partial charge in [0.2, 0.25) is 0 Å². The third-order valence-corrected chi connectivity index (χ3v) is 7.84. The summed E-state index contributed by atoms with van der Waals surface area (Å²) in [7, 11) is 1.58. The minimum Gasteiger partial charge on any atom is -0.368 e. The van der Waals surface area contributed by atoms with Gasteiger partial charge in [-0.1, -0.05) is 6.07 Å². The normalized spacial score (nSPS) is 19.5. The average molecular weight is 571 g/mol. The Hall–Kier alpha value is -4.78. The van der Waals surface area contributed by atoms with Gasteiger partial charge in [0.15, 0.2) is 17.5 Å². The number of halogens is 1. The van der Waals surface area contributed by atoms with Crippen LogP contribution in [0.1, 0.15) is 61.6 Å². The zero-order chi connectivity index (χ0) is 29.3. The number of carbonyl (C=O) groups is 1. The van der Waals surface area contributed by atoms with Gasteiger partial charge >= 0.3 is 0 Å². The van der Waals surface area contributed by atoms with Crippen molar-refractivity contribution in [2.45, 2.75) is 57.1 Å². The molecule has 5 aromatic rings. The largest absolute Gasteiger partial charge is 0.368 e. The van der Waals surface area contributed by atoms with Gasteiger partial charge in [0, 0.05) is 42.6 Å². The van der Waals surface area contributed by atoms with Gasteiger partial charge in [-0.05, 0) is 57.2 Å². The summed E-state index contributed by atoms with van der Waals surface area (Å²) in [6.45, 7) is 3.83. The Morgan fingerprint density at radius 2 is 2.02 bits per heavy atom. The van der Waals surface area contributed by atoms with Crippen molar-refractivity contribution in [1.82, 2.24) is 45.2 Å². The highest BCUT2D eigenvalue weighted by atomic mass is 19.1. The van der Waals surface area contributed by atoms with Crippen LogP contribution in [0.25, 0.3) is 16.7 Å². The number of aromatic amines is 1. The van der Waals surface area contributed by atoms with Crippen LogP contribution in [0, 0.1) is 12.7 Å². The molecule has 5 aromatic heterocycles. The molecule has 5 heterocycles. The summed E-state index contributed by atoms with van der Waals surface area (Å²) in [5, 5.41) is 18.4. The number of fused-ring (bicyclic) bond motifs is 1. The fourth-order valence-electron chi connectivity index (χ4n) is 5.37. The number of aryl methyl sites for hydroxylation is 1. The molecule has 0 radical (unpaired) electrons. The molecule has 6 rings (SSSR count). The lowest BCUT2D eigenvalue weighted by Gasteiger charge is -2.38. The van der Waals surface area contributed by atoms with E-state index in [1.165, 1.54) is 10.9 Å². The molecule has 1 saturated carbocycles. The van der Waals surface area contributed by atoms with E-state index in [0.29, 0.717) is 49.0 Å². The Morgan fingerprint density at radius 3 is 2.69 bits per heavy atom. The van der Waals surface area contributed by atoms with Crippen molar-refractivity contribution < 1.29 is 13.9 Å². The topological polar surface area (TPSA) is 148 Å². The predicted molar refractivity (Wildman–Crippen MR) is 153 cm³/mol. The second-order valence-corrected chi connectivity index (χ2v) is 10.6. The molecule has 216 valence electrons. The number of methoxy groups -OCH3 is 1. The number of anilines is 2. The molecule has 0 spiro atoms. The van der Waals surface area contributed by atoms with Crippen molar-refractivity contribution in [1.29, 1.82) is 0 Å². The molecule has 12 nitrogen and oxygen atoms in total. The molecular weight excluding hydrogens is 539 g/mol. The highest BCUT2D eigenvalue weighted by Crippen LogP contribution is 2.40. The molecule has 0 unspecified atom stereocenters. The van der Waals surface area contributed by atoms with Crippen LogP contribution in [0.2, 0.25) is 0 Å².